The standard InChI is InChI=1S/C21H27N7O2/c22-19-16-12-26(13-17(16)19)11-14-1-3-15(4-2-14)28-8-5-18(25-21(28)30)24-20(29)27-9-6-23-7-10-27/h1-5,8,16-17,19,23H,6-7,9-13,22H2,(H,24,25,29,30)/t16-,17+,19?. The molecule has 4 N–H and O–H groups in total. The molecule has 3 atom stereocenters. The highest BCUT2D eigenvalue weighted by molar-refractivity contribution is 5.88. The maximum absolute atomic E-state index is 12.5. The number of fused-ring (bicyclic) bond motifs is 1. The van der Waals surface area contributed by atoms with Crippen LogP contribution in [0.4, 0.5) is 10.6 Å². The molecule has 9 heteroatoms. The van der Waals surface area contributed by atoms with E-state index < -0.39 is 5.69 Å². The van der Waals surface area contributed by atoms with Crippen LogP contribution in [0.25, 0.3) is 5.69 Å². The van der Waals surface area contributed by atoms with Gasteiger partial charge in [0.2, 0.25) is 0 Å². The number of piperidine rings is 1. The number of carbonyl (C=O) groups excluding carboxylic acids is 1. The van der Waals surface area contributed by atoms with Crippen LogP contribution in [0.15, 0.2) is 41.3 Å². The third kappa shape index (κ3) is 3.83. The number of urea groups is 1. The average molecular weight is 409 g/mol. The van der Waals surface area contributed by atoms with Gasteiger partial charge in [0.1, 0.15) is 5.82 Å². The summed E-state index contributed by atoms with van der Waals surface area (Å²) in [5.41, 5.74) is 7.56. The lowest BCUT2D eigenvalue weighted by atomic mass is 10.2. The van der Waals surface area contributed by atoms with Crippen LogP contribution in [0.1, 0.15) is 5.56 Å². The van der Waals surface area contributed by atoms with E-state index in [1.807, 2.05) is 24.3 Å². The third-order valence-electron chi connectivity index (χ3n) is 6.40. The summed E-state index contributed by atoms with van der Waals surface area (Å²) < 4.78 is 1.48. The lowest BCUT2D eigenvalue weighted by Gasteiger charge is -2.27. The van der Waals surface area contributed by atoms with Crippen molar-refractivity contribution in [1.29, 1.82) is 0 Å². The summed E-state index contributed by atoms with van der Waals surface area (Å²) in [6.07, 6.45) is 1.65. The van der Waals surface area contributed by atoms with Gasteiger partial charge < -0.3 is 16.0 Å². The van der Waals surface area contributed by atoms with Crippen LogP contribution in [0, 0.1) is 11.8 Å². The van der Waals surface area contributed by atoms with Crippen molar-refractivity contribution in [2.75, 3.05) is 44.6 Å². The van der Waals surface area contributed by atoms with Crippen LogP contribution in [-0.2, 0) is 6.54 Å². The molecule has 2 aromatic rings. The Morgan fingerprint density at radius 2 is 1.83 bits per heavy atom. The normalized spacial score (nSPS) is 25.8. The number of hydrogen-bond acceptors (Lipinski definition) is 6. The van der Waals surface area contributed by atoms with Gasteiger partial charge in [0.15, 0.2) is 0 Å². The van der Waals surface area contributed by atoms with Crippen molar-refractivity contribution in [2.24, 2.45) is 17.6 Å². The van der Waals surface area contributed by atoms with Gasteiger partial charge in [0.25, 0.3) is 0 Å². The fraction of sp³-hybridized carbons (Fsp3) is 0.476. The minimum atomic E-state index is -0.422. The lowest BCUT2D eigenvalue weighted by Crippen LogP contribution is -2.48. The molecule has 2 saturated heterocycles. The number of likely N-dealkylation sites (tertiary alicyclic amines) is 1. The molecule has 1 unspecified atom stereocenters. The van der Waals surface area contributed by atoms with E-state index in [9.17, 15) is 9.59 Å². The Labute approximate surface area is 174 Å². The molecule has 3 fully saturated rings. The number of hydrogen-bond donors (Lipinski definition) is 3. The van der Waals surface area contributed by atoms with Crippen LogP contribution in [0.5, 0.6) is 0 Å². The SMILES string of the molecule is NC1[C@H]2CN(Cc3ccc(-n4ccc(NC(=O)N5CCNCC5)nc4=O)cc3)C[C@@H]12. The second kappa shape index (κ2) is 7.82. The number of nitrogens with zero attached hydrogens (tertiary/aromatic N) is 4. The Balaban J connectivity index is 1.22. The quantitative estimate of drug-likeness (QED) is 0.659. The first-order valence-electron chi connectivity index (χ1n) is 10.5. The third-order valence-corrected chi connectivity index (χ3v) is 6.40. The van der Waals surface area contributed by atoms with Crippen LogP contribution in [-0.4, -0.2) is 70.7 Å². The molecule has 30 heavy (non-hydrogen) atoms. The van der Waals surface area contributed by atoms with E-state index in [2.05, 4.69) is 20.5 Å². The molecule has 0 spiro atoms. The number of rotatable bonds is 4. The summed E-state index contributed by atoms with van der Waals surface area (Å²) in [6, 6.07) is 9.78. The van der Waals surface area contributed by atoms with Crippen LogP contribution < -0.4 is 22.1 Å². The van der Waals surface area contributed by atoms with Crippen LogP contribution in [0.3, 0.4) is 0 Å². The predicted octanol–water partition coefficient (Wildman–Crippen LogP) is 0.0585. The van der Waals surface area contributed by atoms with Gasteiger partial charge in [-0.25, -0.2) is 9.59 Å². The molecule has 1 aromatic carbocycles. The van der Waals surface area contributed by atoms with E-state index in [1.54, 1.807) is 17.2 Å². The summed E-state index contributed by atoms with van der Waals surface area (Å²) >= 11 is 0. The van der Waals surface area contributed by atoms with E-state index in [0.29, 0.717) is 31.0 Å². The van der Waals surface area contributed by atoms with E-state index in [4.69, 9.17) is 5.73 Å². The zero-order valence-electron chi connectivity index (χ0n) is 16.8. The number of amides is 2. The van der Waals surface area contributed by atoms with Crippen molar-refractivity contribution in [2.45, 2.75) is 12.6 Å². The van der Waals surface area contributed by atoms with Crippen LogP contribution in [0.2, 0.25) is 0 Å². The van der Waals surface area contributed by atoms with Gasteiger partial charge in [0.05, 0.1) is 5.69 Å². The smallest absolute Gasteiger partial charge is 0.327 e. The van der Waals surface area contributed by atoms with E-state index in [1.165, 1.54) is 10.1 Å². The minimum absolute atomic E-state index is 0.231. The first kappa shape index (κ1) is 19.2. The van der Waals surface area contributed by atoms with Gasteiger partial charge in [-0.15, -0.1) is 0 Å². The number of aromatic nitrogens is 2. The Hall–Kier alpha value is -2.75. The van der Waals surface area contributed by atoms with Crippen LogP contribution >= 0.6 is 0 Å². The maximum atomic E-state index is 12.5. The monoisotopic (exact) mass is 409 g/mol. The molecule has 9 nitrogen and oxygen atoms in total. The van der Waals surface area contributed by atoms with Crippen molar-refractivity contribution < 1.29 is 4.79 Å². The maximum Gasteiger partial charge on any atom is 0.354 e. The van der Waals surface area contributed by atoms with Crippen molar-refractivity contribution in [3.63, 3.8) is 0 Å². The summed E-state index contributed by atoms with van der Waals surface area (Å²) in [4.78, 5) is 32.9. The van der Waals surface area contributed by atoms with Crippen molar-refractivity contribution in [1.82, 2.24) is 24.7 Å². The van der Waals surface area contributed by atoms with Gasteiger partial charge in [0, 0.05) is 58.1 Å². The van der Waals surface area contributed by atoms with Gasteiger partial charge >= 0.3 is 11.7 Å². The molecule has 3 aliphatic rings. The summed E-state index contributed by atoms with van der Waals surface area (Å²) in [7, 11) is 0. The molecule has 158 valence electrons. The molecule has 1 saturated carbocycles. The molecule has 1 aliphatic carbocycles. The molecule has 2 aliphatic heterocycles. The fourth-order valence-electron chi connectivity index (χ4n) is 4.53. The zero-order valence-corrected chi connectivity index (χ0v) is 16.8. The predicted molar refractivity (Wildman–Crippen MR) is 114 cm³/mol. The molecule has 5 rings (SSSR count). The first-order valence-corrected chi connectivity index (χ1v) is 10.5. The number of carbonyl (C=O) groups is 1. The Morgan fingerprint density at radius 1 is 1.13 bits per heavy atom. The van der Waals surface area contributed by atoms with Gasteiger partial charge in [-0.1, -0.05) is 12.1 Å². The summed E-state index contributed by atoms with van der Waals surface area (Å²) in [6.45, 7) is 5.89. The topological polar surface area (TPSA) is 109 Å². The molecular formula is C21H27N7O2. The van der Waals surface area contributed by atoms with Crippen molar-refractivity contribution >= 4 is 11.8 Å². The number of benzene rings is 1. The van der Waals surface area contributed by atoms with Gasteiger partial charge in [-0.3, -0.25) is 14.8 Å². The van der Waals surface area contributed by atoms with Crippen molar-refractivity contribution in [3.05, 3.63) is 52.6 Å². The number of piperazine rings is 1. The molecule has 0 radical (unpaired) electrons. The highest BCUT2D eigenvalue weighted by atomic mass is 16.2. The van der Waals surface area contributed by atoms with E-state index in [-0.39, 0.29) is 11.8 Å². The van der Waals surface area contributed by atoms with E-state index >= 15 is 0 Å². The number of nitrogens with two attached hydrogens (primary N) is 1. The highest BCUT2D eigenvalue weighted by Crippen LogP contribution is 2.44. The summed E-state index contributed by atoms with van der Waals surface area (Å²) in [5, 5.41) is 5.91. The van der Waals surface area contributed by atoms with Gasteiger partial charge in [-0.2, -0.15) is 4.98 Å². The fourth-order valence-corrected chi connectivity index (χ4v) is 4.53. The Kier molecular flexibility index (Phi) is 5.01. The Bertz CT molecular complexity index is 972. The first-order chi connectivity index (χ1) is 14.6. The van der Waals surface area contributed by atoms with Crippen molar-refractivity contribution in [3.8, 4) is 5.69 Å². The molecular weight excluding hydrogens is 382 g/mol. The largest absolute Gasteiger partial charge is 0.354 e. The zero-order chi connectivity index (χ0) is 20.7. The minimum Gasteiger partial charge on any atom is -0.327 e. The molecule has 0 bridgehead atoms. The number of anilines is 1. The molecule has 1 aromatic heterocycles. The average Bonchev–Trinajstić information content (AvgIpc) is 3.16. The summed E-state index contributed by atoms with van der Waals surface area (Å²) in [5.74, 6) is 1.63. The second-order valence-electron chi connectivity index (χ2n) is 8.40. The lowest BCUT2D eigenvalue weighted by molar-refractivity contribution is 0.204. The van der Waals surface area contributed by atoms with Gasteiger partial charge in [-0.05, 0) is 35.6 Å². The Morgan fingerprint density at radius 3 is 2.50 bits per heavy atom. The second-order valence-corrected chi connectivity index (χ2v) is 8.40. The van der Waals surface area contributed by atoms with E-state index in [0.717, 1.165) is 38.4 Å². The molecule has 2 amide bonds. The highest BCUT2D eigenvalue weighted by Gasteiger charge is 2.53. The molecule has 3 heterocycles. The number of nitrogens with one attached hydrogen (secondary N) is 2.